The Kier molecular flexibility index (Phi) is 5.76. The lowest BCUT2D eigenvalue weighted by Gasteiger charge is -2.14. The van der Waals surface area contributed by atoms with Crippen molar-refractivity contribution in [2.45, 2.75) is 27.3 Å². The van der Waals surface area contributed by atoms with Crippen LogP contribution >= 0.6 is 15.9 Å². The number of nitrogens with zero attached hydrogens (tertiary/aromatic N) is 1. The highest BCUT2D eigenvalue weighted by molar-refractivity contribution is 9.10. The van der Waals surface area contributed by atoms with Gasteiger partial charge in [0.05, 0.1) is 5.69 Å². The maximum atomic E-state index is 6.05. The second-order valence-corrected chi connectivity index (χ2v) is 6.38. The van der Waals surface area contributed by atoms with Crippen molar-refractivity contribution in [1.82, 2.24) is 10.3 Å². The fraction of sp³-hybridized carbons (Fsp3) is 0.353. The quantitative estimate of drug-likeness (QED) is 0.822. The van der Waals surface area contributed by atoms with Gasteiger partial charge in [-0.05, 0) is 43.7 Å². The van der Waals surface area contributed by atoms with E-state index in [1.54, 1.807) is 6.20 Å². The van der Waals surface area contributed by atoms with Crippen molar-refractivity contribution >= 4 is 15.9 Å². The van der Waals surface area contributed by atoms with Crippen molar-refractivity contribution in [2.75, 3.05) is 6.54 Å². The first-order chi connectivity index (χ1) is 10.1. The van der Waals surface area contributed by atoms with Crippen LogP contribution in [0.4, 0.5) is 0 Å². The molecule has 1 aromatic carbocycles. The smallest absolute Gasteiger partial charge is 0.148 e. The van der Waals surface area contributed by atoms with E-state index in [1.165, 1.54) is 0 Å². The van der Waals surface area contributed by atoms with Gasteiger partial charge >= 0.3 is 0 Å². The molecule has 0 saturated carbocycles. The number of rotatable bonds is 6. The van der Waals surface area contributed by atoms with Crippen LogP contribution in [-0.2, 0) is 6.54 Å². The van der Waals surface area contributed by atoms with E-state index in [0.717, 1.165) is 40.3 Å². The predicted molar refractivity (Wildman–Crippen MR) is 89.7 cm³/mol. The van der Waals surface area contributed by atoms with Crippen LogP contribution in [0.5, 0.6) is 11.5 Å². The third kappa shape index (κ3) is 4.83. The largest absolute Gasteiger partial charge is 0.455 e. The average Bonchev–Trinajstić information content (AvgIpc) is 2.43. The van der Waals surface area contributed by atoms with E-state index < -0.39 is 0 Å². The first-order valence-electron chi connectivity index (χ1n) is 7.15. The van der Waals surface area contributed by atoms with Crippen LogP contribution in [0.15, 0.2) is 41.0 Å². The van der Waals surface area contributed by atoms with Crippen LogP contribution in [-0.4, -0.2) is 11.5 Å². The molecule has 0 aliphatic rings. The van der Waals surface area contributed by atoms with Gasteiger partial charge in [-0.15, -0.1) is 0 Å². The van der Waals surface area contributed by atoms with Gasteiger partial charge in [0.25, 0.3) is 0 Å². The highest BCUT2D eigenvalue weighted by Gasteiger charge is 2.08. The van der Waals surface area contributed by atoms with E-state index in [1.807, 2.05) is 31.2 Å². The summed E-state index contributed by atoms with van der Waals surface area (Å²) in [6.07, 6.45) is 1.77. The first-order valence-corrected chi connectivity index (χ1v) is 7.94. The van der Waals surface area contributed by atoms with E-state index in [9.17, 15) is 0 Å². The van der Waals surface area contributed by atoms with Crippen molar-refractivity contribution in [3.8, 4) is 11.5 Å². The first kappa shape index (κ1) is 16.0. The molecule has 1 heterocycles. The molecule has 0 spiro atoms. The summed E-state index contributed by atoms with van der Waals surface area (Å²) in [5.74, 6) is 2.28. The summed E-state index contributed by atoms with van der Waals surface area (Å²) in [4.78, 5) is 4.26. The fourth-order valence-electron chi connectivity index (χ4n) is 1.96. The van der Waals surface area contributed by atoms with Crippen molar-refractivity contribution in [3.63, 3.8) is 0 Å². The van der Waals surface area contributed by atoms with Crippen LogP contribution in [0.3, 0.4) is 0 Å². The standard InChI is InChI=1S/C17H21BrN2O/c1-12(2)10-19-11-14-6-7-15(18)9-17(14)21-16-5-4-8-20-13(16)3/h4-9,12,19H,10-11H2,1-3H3. The lowest BCUT2D eigenvalue weighted by molar-refractivity contribution is 0.463. The second-order valence-electron chi connectivity index (χ2n) is 5.47. The summed E-state index contributed by atoms with van der Waals surface area (Å²) in [5, 5.41) is 3.45. The molecule has 0 aliphatic heterocycles. The van der Waals surface area contributed by atoms with Crippen LogP contribution < -0.4 is 10.1 Å². The molecule has 3 nitrogen and oxygen atoms in total. The molecule has 0 fully saturated rings. The molecule has 0 saturated heterocycles. The zero-order chi connectivity index (χ0) is 15.2. The summed E-state index contributed by atoms with van der Waals surface area (Å²) >= 11 is 3.50. The molecule has 4 heteroatoms. The zero-order valence-electron chi connectivity index (χ0n) is 12.7. The highest BCUT2D eigenvalue weighted by Crippen LogP contribution is 2.29. The van der Waals surface area contributed by atoms with Gasteiger partial charge in [-0.25, -0.2) is 0 Å². The van der Waals surface area contributed by atoms with Crippen molar-refractivity contribution in [1.29, 1.82) is 0 Å². The van der Waals surface area contributed by atoms with Crippen molar-refractivity contribution < 1.29 is 4.74 Å². The molecule has 0 bridgehead atoms. The summed E-state index contributed by atoms with van der Waals surface area (Å²) in [6.45, 7) is 8.13. The lowest BCUT2D eigenvalue weighted by atomic mass is 10.1. The minimum Gasteiger partial charge on any atom is -0.455 e. The normalized spacial score (nSPS) is 10.9. The van der Waals surface area contributed by atoms with E-state index in [0.29, 0.717) is 5.92 Å². The number of hydrogen-bond donors (Lipinski definition) is 1. The Morgan fingerprint density at radius 3 is 2.76 bits per heavy atom. The van der Waals surface area contributed by atoms with Crippen molar-refractivity contribution in [2.24, 2.45) is 5.92 Å². The van der Waals surface area contributed by atoms with Crippen molar-refractivity contribution in [3.05, 3.63) is 52.3 Å². The highest BCUT2D eigenvalue weighted by atomic mass is 79.9. The molecule has 2 rings (SSSR count). The SMILES string of the molecule is Cc1ncccc1Oc1cc(Br)ccc1CNCC(C)C. The summed E-state index contributed by atoms with van der Waals surface area (Å²) < 4.78 is 7.05. The van der Waals surface area contributed by atoms with Gasteiger partial charge in [0, 0.05) is 22.8 Å². The van der Waals surface area contributed by atoms with Gasteiger partial charge in [0.15, 0.2) is 0 Å². The Morgan fingerprint density at radius 2 is 2.05 bits per heavy atom. The van der Waals surface area contributed by atoms with Crippen LogP contribution in [0.25, 0.3) is 0 Å². The Morgan fingerprint density at radius 1 is 1.24 bits per heavy atom. The molecule has 0 aliphatic carbocycles. The Balaban J connectivity index is 2.17. The van der Waals surface area contributed by atoms with Crippen LogP contribution in [0.1, 0.15) is 25.1 Å². The number of nitrogens with one attached hydrogen (secondary N) is 1. The molecule has 1 N–H and O–H groups in total. The topological polar surface area (TPSA) is 34.1 Å². The molecule has 0 atom stereocenters. The zero-order valence-corrected chi connectivity index (χ0v) is 14.3. The number of halogens is 1. The van der Waals surface area contributed by atoms with Gasteiger partial charge in [0.1, 0.15) is 11.5 Å². The molecule has 112 valence electrons. The minimum atomic E-state index is 0.630. The van der Waals surface area contributed by atoms with E-state index in [4.69, 9.17) is 4.74 Å². The van der Waals surface area contributed by atoms with E-state index in [-0.39, 0.29) is 0 Å². The molecule has 1 aromatic heterocycles. The number of benzene rings is 1. The molecular formula is C17H21BrN2O. The Hall–Kier alpha value is -1.39. The molecule has 0 amide bonds. The summed E-state index contributed by atoms with van der Waals surface area (Å²) in [7, 11) is 0. The van der Waals surface area contributed by atoms with E-state index >= 15 is 0 Å². The molecule has 0 unspecified atom stereocenters. The van der Waals surface area contributed by atoms with Crippen LogP contribution in [0, 0.1) is 12.8 Å². The number of aromatic nitrogens is 1. The van der Waals surface area contributed by atoms with Gasteiger partial charge in [-0.3, -0.25) is 4.98 Å². The number of hydrogen-bond acceptors (Lipinski definition) is 3. The molecule has 21 heavy (non-hydrogen) atoms. The van der Waals surface area contributed by atoms with E-state index in [2.05, 4.69) is 46.1 Å². The monoisotopic (exact) mass is 348 g/mol. The fourth-order valence-corrected chi connectivity index (χ4v) is 2.30. The minimum absolute atomic E-state index is 0.630. The maximum absolute atomic E-state index is 6.05. The van der Waals surface area contributed by atoms with Gasteiger partial charge in [-0.2, -0.15) is 0 Å². The number of pyridine rings is 1. The molecular weight excluding hydrogens is 328 g/mol. The maximum Gasteiger partial charge on any atom is 0.148 e. The Labute approximate surface area is 134 Å². The lowest BCUT2D eigenvalue weighted by Crippen LogP contribution is -2.19. The third-order valence-corrected chi connectivity index (χ3v) is 3.57. The third-order valence-electron chi connectivity index (χ3n) is 3.08. The summed E-state index contributed by atoms with van der Waals surface area (Å²) in [5.41, 5.74) is 2.03. The van der Waals surface area contributed by atoms with Gasteiger partial charge < -0.3 is 10.1 Å². The molecule has 0 radical (unpaired) electrons. The summed E-state index contributed by atoms with van der Waals surface area (Å²) in [6, 6.07) is 9.94. The average molecular weight is 349 g/mol. The number of aryl methyl sites for hydroxylation is 1. The van der Waals surface area contributed by atoms with Crippen LogP contribution in [0.2, 0.25) is 0 Å². The number of ether oxygens (including phenoxy) is 1. The Bertz CT molecular complexity index is 599. The molecule has 2 aromatic rings. The predicted octanol–water partition coefficient (Wildman–Crippen LogP) is 4.69. The van der Waals surface area contributed by atoms with Gasteiger partial charge in [-0.1, -0.05) is 35.8 Å². The van der Waals surface area contributed by atoms with Gasteiger partial charge in [0.2, 0.25) is 0 Å². The second kappa shape index (κ2) is 7.57.